The predicted octanol–water partition coefficient (Wildman–Crippen LogP) is 1.83. The molecule has 1 amide bonds. The Morgan fingerprint density at radius 1 is 1.27 bits per heavy atom. The molecule has 4 bridgehead atoms. The van der Waals surface area contributed by atoms with Gasteiger partial charge in [0.15, 0.2) is 5.65 Å². The first-order valence-corrected chi connectivity index (χ1v) is 9.90. The van der Waals surface area contributed by atoms with Crippen LogP contribution in [0.25, 0.3) is 16.8 Å². The fourth-order valence-corrected chi connectivity index (χ4v) is 4.10. The van der Waals surface area contributed by atoms with Crippen LogP contribution in [0.15, 0.2) is 36.7 Å². The lowest BCUT2D eigenvalue weighted by Crippen LogP contribution is -2.41. The van der Waals surface area contributed by atoms with Gasteiger partial charge in [-0.15, -0.1) is 0 Å². The van der Waals surface area contributed by atoms with E-state index in [1.54, 1.807) is 31.0 Å². The molecule has 0 spiro atoms. The van der Waals surface area contributed by atoms with E-state index in [0.717, 1.165) is 22.6 Å². The predicted molar refractivity (Wildman–Crippen MR) is 110 cm³/mol. The number of nitrogens with one attached hydrogen (secondary N) is 1. The van der Waals surface area contributed by atoms with Crippen LogP contribution in [0.5, 0.6) is 11.6 Å². The molecular formula is C21H23N5O4. The highest BCUT2D eigenvalue weighted by atomic mass is 16.5. The lowest BCUT2D eigenvalue weighted by molar-refractivity contribution is -0.136. The Morgan fingerprint density at radius 3 is 3.00 bits per heavy atom. The molecule has 30 heavy (non-hydrogen) atoms. The topological polar surface area (TPSA) is 90.2 Å². The first kappa shape index (κ1) is 18.7. The Balaban J connectivity index is 1.58. The third kappa shape index (κ3) is 3.21. The molecule has 0 unspecified atom stereocenters. The van der Waals surface area contributed by atoms with Crippen molar-refractivity contribution in [3.05, 3.63) is 36.7 Å². The van der Waals surface area contributed by atoms with Crippen molar-refractivity contribution in [3.8, 4) is 22.8 Å². The maximum Gasteiger partial charge on any atom is 0.252 e. The van der Waals surface area contributed by atoms with Gasteiger partial charge in [-0.1, -0.05) is 0 Å². The lowest BCUT2D eigenvalue weighted by atomic mass is 10.1. The zero-order valence-electron chi connectivity index (χ0n) is 16.9. The summed E-state index contributed by atoms with van der Waals surface area (Å²) in [5.74, 6) is 1.21. The molecule has 3 aromatic rings. The van der Waals surface area contributed by atoms with Crippen LogP contribution in [0.3, 0.4) is 0 Å². The van der Waals surface area contributed by atoms with Gasteiger partial charge in [0.25, 0.3) is 5.91 Å². The highest BCUT2D eigenvalue weighted by Gasteiger charge is 2.39. The largest absolute Gasteiger partial charge is 0.497 e. The van der Waals surface area contributed by atoms with Gasteiger partial charge in [0.05, 0.1) is 19.3 Å². The molecule has 5 rings (SSSR count). The van der Waals surface area contributed by atoms with Gasteiger partial charge in [0.1, 0.15) is 18.5 Å². The van der Waals surface area contributed by atoms with E-state index in [2.05, 4.69) is 15.4 Å². The van der Waals surface area contributed by atoms with Gasteiger partial charge in [-0.3, -0.25) is 4.79 Å². The standard InChI is InChI=1S/C21H23N5O4/c1-28-16-8-13-7-14(9-16)22-4-6-25-15(10-18(29-2)21(25)27)12-30-19-3-5-26-20(24-19)17(13)11-23-26/h3,5,7-9,11,15,18,22H,4,6,10,12H2,1-2H3/t15-,18-/m0/s1. The first-order chi connectivity index (χ1) is 14.7. The molecule has 156 valence electrons. The fourth-order valence-electron chi connectivity index (χ4n) is 4.10. The molecule has 9 heteroatoms. The molecule has 0 saturated carbocycles. The molecule has 0 aliphatic carbocycles. The van der Waals surface area contributed by atoms with Gasteiger partial charge >= 0.3 is 0 Å². The van der Waals surface area contributed by atoms with Crippen molar-refractivity contribution >= 4 is 17.2 Å². The highest BCUT2D eigenvalue weighted by Crippen LogP contribution is 2.32. The van der Waals surface area contributed by atoms with Crippen LogP contribution in [0.2, 0.25) is 0 Å². The Morgan fingerprint density at radius 2 is 2.17 bits per heavy atom. The van der Waals surface area contributed by atoms with E-state index >= 15 is 0 Å². The minimum atomic E-state index is -0.436. The summed E-state index contributed by atoms with van der Waals surface area (Å²) >= 11 is 0. The number of carbonyl (C=O) groups is 1. The van der Waals surface area contributed by atoms with Crippen LogP contribution in [0, 0.1) is 0 Å². The summed E-state index contributed by atoms with van der Waals surface area (Å²) in [4.78, 5) is 19.2. The Hall–Kier alpha value is -3.33. The number of carbonyl (C=O) groups excluding carboxylic acids is 1. The van der Waals surface area contributed by atoms with E-state index in [9.17, 15) is 4.79 Å². The Bertz CT molecular complexity index is 1100. The minimum Gasteiger partial charge on any atom is -0.497 e. The Labute approximate surface area is 173 Å². The van der Waals surface area contributed by atoms with Gasteiger partial charge in [0, 0.05) is 56.2 Å². The summed E-state index contributed by atoms with van der Waals surface area (Å²) in [6.45, 7) is 1.50. The van der Waals surface area contributed by atoms with E-state index < -0.39 is 6.10 Å². The Kier molecular flexibility index (Phi) is 4.66. The molecule has 1 saturated heterocycles. The first-order valence-electron chi connectivity index (χ1n) is 9.90. The van der Waals surface area contributed by atoms with Gasteiger partial charge in [-0.2, -0.15) is 10.1 Å². The van der Waals surface area contributed by atoms with E-state index in [4.69, 9.17) is 14.2 Å². The molecule has 2 atom stereocenters. The molecule has 2 aliphatic rings. The maximum atomic E-state index is 12.7. The van der Waals surface area contributed by atoms with Crippen LogP contribution in [0.1, 0.15) is 6.42 Å². The molecule has 1 aromatic carbocycles. The van der Waals surface area contributed by atoms with E-state index in [0.29, 0.717) is 37.6 Å². The smallest absolute Gasteiger partial charge is 0.252 e. The van der Waals surface area contributed by atoms with Crippen LogP contribution < -0.4 is 14.8 Å². The number of anilines is 1. The summed E-state index contributed by atoms with van der Waals surface area (Å²) in [5, 5.41) is 7.82. The van der Waals surface area contributed by atoms with Crippen LogP contribution in [-0.4, -0.2) is 71.5 Å². The van der Waals surface area contributed by atoms with Crippen molar-refractivity contribution in [2.75, 3.05) is 39.2 Å². The van der Waals surface area contributed by atoms with Gasteiger partial charge in [0.2, 0.25) is 5.88 Å². The van der Waals surface area contributed by atoms with Gasteiger partial charge in [-0.25, -0.2) is 4.52 Å². The number of benzene rings is 1. The number of methoxy groups -OCH3 is 2. The van der Waals surface area contributed by atoms with Gasteiger partial charge < -0.3 is 24.4 Å². The number of ether oxygens (including phenoxy) is 3. The van der Waals surface area contributed by atoms with E-state index in [1.165, 1.54) is 0 Å². The van der Waals surface area contributed by atoms with Crippen LogP contribution in [0.4, 0.5) is 5.69 Å². The summed E-state index contributed by atoms with van der Waals surface area (Å²) < 4.78 is 18.6. The fraction of sp³-hybridized carbons (Fsp3) is 0.381. The number of hydrogen-bond acceptors (Lipinski definition) is 7. The summed E-state index contributed by atoms with van der Waals surface area (Å²) in [7, 11) is 3.21. The number of hydrogen-bond donors (Lipinski definition) is 1. The van der Waals surface area contributed by atoms with Crippen LogP contribution >= 0.6 is 0 Å². The average Bonchev–Trinajstić information content (AvgIpc) is 3.32. The zero-order valence-corrected chi connectivity index (χ0v) is 16.9. The second kappa shape index (κ2) is 7.49. The van der Waals surface area contributed by atoms with Gasteiger partial charge in [-0.05, 0) is 17.7 Å². The normalized spacial score (nSPS) is 21.1. The second-order valence-corrected chi connectivity index (χ2v) is 7.43. The molecule has 1 N–H and O–H groups in total. The van der Waals surface area contributed by atoms with Crippen molar-refractivity contribution in [1.29, 1.82) is 0 Å². The van der Waals surface area contributed by atoms with Crippen molar-refractivity contribution in [2.45, 2.75) is 18.6 Å². The van der Waals surface area contributed by atoms with E-state index in [-0.39, 0.29) is 11.9 Å². The number of rotatable bonds is 2. The third-order valence-corrected chi connectivity index (χ3v) is 5.67. The van der Waals surface area contributed by atoms with Crippen molar-refractivity contribution in [3.63, 3.8) is 0 Å². The van der Waals surface area contributed by atoms with Crippen molar-refractivity contribution in [1.82, 2.24) is 19.5 Å². The third-order valence-electron chi connectivity index (χ3n) is 5.67. The number of fused-ring (bicyclic) bond motifs is 5. The van der Waals surface area contributed by atoms with Crippen molar-refractivity contribution in [2.24, 2.45) is 0 Å². The number of aromatic nitrogens is 3. The van der Waals surface area contributed by atoms with Crippen LogP contribution in [-0.2, 0) is 9.53 Å². The quantitative estimate of drug-likeness (QED) is 0.691. The lowest BCUT2D eigenvalue weighted by Gasteiger charge is -2.25. The molecule has 2 aromatic heterocycles. The molecule has 2 aliphatic heterocycles. The maximum absolute atomic E-state index is 12.7. The monoisotopic (exact) mass is 409 g/mol. The van der Waals surface area contributed by atoms with Crippen molar-refractivity contribution < 1.29 is 19.0 Å². The molecule has 1 fully saturated rings. The van der Waals surface area contributed by atoms with E-state index in [1.807, 2.05) is 29.3 Å². The minimum absolute atomic E-state index is 0.00665. The SMILES string of the molecule is COc1cc2cc(c1)-c1cnn3ccc(nc13)OC[C@@H]1C[C@H](OC)C(=O)N1CCN2. The molecule has 4 heterocycles. The number of nitrogens with zero attached hydrogens (tertiary/aromatic N) is 4. The average molecular weight is 409 g/mol. The number of amides is 1. The molecule has 9 nitrogen and oxygen atoms in total. The molecular weight excluding hydrogens is 386 g/mol. The zero-order chi connectivity index (χ0) is 20.7. The summed E-state index contributed by atoms with van der Waals surface area (Å²) in [6.07, 6.45) is 3.77. The highest BCUT2D eigenvalue weighted by molar-refractivity contribution is 5.84. The second-order valence-electron chi connectivity index (χ2n) is 7.43. The summed E-state index contributed by atoms with van der Waals surface area (Å²) in [5.41, 5.74) is 3.41. The summed E-state index contributed by atoms with van der Waals surface area (Å²) in [6, 6.07) is 7.62. The molecule has 0 radical (unpaired) electrons.